The van der Waals surface area contributed by atoms with E-state index in [4.69, 9.17) is 11.5 Å². The molecular formula is C11H13F3N4O2. The van der Waals surface area contributed by atoms with Crippen molar-refractivity contribution in [1.29, 1.82) is 0 Å². The number of nitrogen functional groups attached to an aromatic ring is 1. The lowest BCUT2D eigenvalue weighted by atomic mass is 10.1. The molecule has 0 heterocycles. The zero-order valence-electron chi connectivity index (χ0n) is 10.3. The number of nitrogens with two attached hydrogens (primary N) is 2. The van der Waals surface area contributed by atoms with Gasteiger partial charge in [0, 0.05) is 13.1 Å². The maximum absolute atomic E-state index is 12.6. The van der Waals surface area contributed by atoms with Crippen LogP contribution in [0, 0.1) is 0 Å². The molecule has 0 saturated heterocycles. The summed E-state index contributed by atoms with van der Waals surface area (Å²) in [6, 6.07) is 2.30. The van der Waals surface area contributed by atoms with Gasteiger partial charge in [-0.2, -0.15) is 13.2 Å². The van der Waals surface area contributed by atoms with Crippen molar-refractivity contribution in [3.8, 4) is 0 Å². The average molecular weight is 290 g/mol. The summed E-state index contributed by atoms with van der Waals surface area (Å²) in [5, 5.41) is 4.53. The van der Waals surface area contributed by atoms with Crippen molar-refractivity contribution >= 4 is 17.6 Å². The Hall–Kier alpha value is -2.45. The average Bonchev–Trinajstić information content (AvgIpc) is 2.33. The molecule has 0 atom stereocenters. The van der Waals surface area contributed by atoms with Crippen LogP contribution in [0.15, 0.2) is 18.2 Å². The van der Waals surface area contributed by atoms with Gasteiger partial charge in [-0.1, -0.05) is 6.07 Å². The van der Waals surface area contributed by atoms with Gasteiger partial charge in [0.05, 0.1) is 16.8 Å². The van der Waals surface area contributed by atoms with E-state index in [0.29, 0.717) is 0 Å². The summed E-state index contributed by atoms with van der Waals surface area (Å²) in [4.78, 5) is 22.1. The fourth-order valence-electron chi connectivity index (χ4n) is 1.47. The summed E-state index contributed by atoms with van der Waals surface area (Å²) >= 11 is 0. The molecule has 0 fully saturated rings. The summed E-state index contributed by atoms with van der Waals surface area (Å²) in [7, 11) is 0. The van der Waals surface area contributed by atoms with E-state index < -0.39 is 29.4 Å². The number of amides is 3. The molecule has 9 heteroatoms. The van der Waals surface area contributed by atoms with Gasteiger partial charge in [-0.05, 0) is 12.1 Å². The zero-order chi connectivity index (χ0) is 15.3. The van der Waals surface area contributed by atoms with Gasteiger partial charge in [-0.25, -0.2) is 4.79 Å². The number of alkyl halides is 3. The summed E-state index contributed by atoms with van der Waals surface area (Å²) in [5.74, 6) is -0.764. The van der Waals surface area contributed by atoms with Crippen LogP contribution in [-0.4, -0.2) is 25.0 Å². The van der Waals surface area contributed by atoms with Crippen LogP contribution >= 0.6 is 0 Å². The van der Waals surface area contributed by atoms with Crippen LogP contribution in [0.1, 0.15) is 15.9 Å². The number of benzene rings is 1. The number of halogens is 3. The number of primary amides is 1. The Morgan fingerprint density at radius 3 is 2.30 bits per heavy atom. The van der Waals surface area contributed by atoms with Crippen molar-refractivity contribution < 1.29 is 22.8 Å². The van der Waals surface area contributed by atoms with E-state index in [1.165, 1.54) is 6.07 Å². The van der Waals surface area contributed by atoms with Crippen LogP contribution in [0.4, 0.5) is 23.7 Å². The highest BCUT2D eigenvalue weighted by atomic mass is 19.4. The van der Waals surface area contributed by atoms with Gasteiger partial charge in [-0.3, -0.25) is 4.79 Å². The van der Waals surface area contributed by atoms with E-state index in [2.05, 4.69) is 10.6 Å². The maximum atomic E-state index is 12.6. The summed E-state index contributed by atoms with van der Waals surface area (Å²) in [6.45, 7) is 0.0669. The second kappa shape index (κ2) is 6.13. The first kappa shape index (κ1) is 15.6. The number of hydrogen-bond donors (Lipinski definition) is 4. The van der Waals surface area contributed by atoms with E-state index in [0.717, 1.165) is 12.1 Å². The van der Waals surface area contributed by atoms with E-state index >= 15 is 0 Å². The van der Waals surface area contributed by atoms with Crippen LogP contribution in [0.5, 0.6) is 0 Å². The van der Waals surface area contributed by atoms with Gasteiger partial charge < -0.3 is 22.1 Å². The number of carbonyl (C=O) groups is 2. The molecule has 0 aliphatic rings. The molecular weight excluding hydrogens is 277 g/mol. The largest absolute Gasteiger partial charge is 0.418 e. The summed E-state index contributed by atoms with van der Waals surface area (Å²) < 4.78 is 37.8. The third-order valence-corrected chi connectivity index (χ3v) is 2.37. The Balaban J connectivity index is 2.76. The van der Waals surface area contributed by atoms with Crippen molar-refractivity contribution in [2.45, 2.75) is 6.18 Å². The Morgan fingerprint density at radius 2 is 1.75 bits per heavy atom. The second-order valence-corrected chi connectivity index (χ2v) is 3.81. The number of anilines is 1. The molecule has 0 unspecified atom stereocenters. The molecule has 1 aromatic carbocycles. The van der Waals surface area contributed by atoms with E-state index in [1.54, 1.807) is 0 Å². The highest BCUT2D eigenvalue weighted by Gasteiger charge is 2.34. The van der Waals surface area contributed by atoms with Crippen molar-refractivity contribution in [1.82, 2.24) is 10.6 Å². The molecule has 0 bridgehead atoms. The summed E-state index contributed by atoms with van der Waals surface area (Å²) in [5.41, 5.74) is 8.17. The predicted molar refractivity (Wildman–Crippen MR) is 65.8 cm³/mol. The monoisotopic (exact) mass is 290 g/mol. The number of hydrogen-bond acceptors (Lipinski definition) is 3. The molecule has 0 saturated carbocycles. The first-order chi connectivity index (χ1) is 9.23. The number of carbonyl (C=O) groups excluding carboxylic acids is 2. The topological polar surface area (TPSA) is 110 Å². The minimum Gasteiger partial charge on any atom is -0.398 e. The van der Waals surface area contributed by atoms with Gasteiger partial charge in [0.2, 0.25) is 0 Å². The van der Waals surface area contributed by atoms with E-state index in [9.17, 15) is 22.8 Å². The molecule has 0 aliphatic carbocycles. The van der Waals surface area contributed by atoms with Crippen molar-refractivity contribution in [2.24, 2.45) is 5.73 Å². The lowest BCUT2D eigenvalue weighted by molar-refractivity contribution is -0.136. The lowest BCUT2D eigenvalue weighted by Crippen LogP contribution is -2.37. The molecule has 3 amide bonds. The number of nitrogens with one attached hydrogen (secondary N) is 2. The van der Waals surface area contributed by atoms with Crippen LogP contribution < -0.4 is 22.1 Å². The minimum absolute atomic E-state index is 0.0114. The molecule has 110 valence electrons. The van der Waals surface area contributed by atoms with Gasteiger partial charge in [0.1, 0.15) is 0 Å². The maximum Gasteiger partial charge on any atom is 0.418 e. The normalized spacial score (nSPS) is 10.9. The predicted octanol–water partition coefficient (Wildman–Crippen LogP) is 0.686. The minimum atomic E-state index is -4.63. The van der Waals surface area contributed by atoms with Gasteiger partial charge in [-0.15, -0.1) is 0 Å². The van der Waals surface area contributed by atoms with Crippen LogP contribution in [-0.2, 0) is 6.18 Å². The molecule has 0 radical (unpaired) electrons. The Kier molecular flexibility index (Phi) is 4.78. The molecule has 0 spiro atoms. The van der Waals surface area contributed by atoms with Crippen LogP contribution in [0.2, 0.25) is 0 Å². The van der Waals surface area contributed by atoms with Crippen molar-refractivity contribution in [3.63, 3.8) is 0 Å². The quantitative estimate of drug-likeness (QED) is 0.483. The number of para-hydroxylation sites is 1. The molecule has 20 heavy (non-hydrogen) atoms. The number of urea groups is 1. The second-order valence-electron chi connectivity index (χ2n) is 3.81. The van der Waals surface area contributed by atoms with Crippen molar-refractivity contribution in [2.75, 3.05) is 18.8 Å². The molecule has 0 aromatic heterocycles. The fraction of sp³-hybridized carbons (Fsp3) is 0.273. The Bertz CT molecular complexity index is 517. The first-order valence-corrected chi connectivity index (χ1v) is 5.50. The van der Waals surface area contributed by atoms with Crippen LogP contribution in [0.3, 0.4) is 0 Å². The first-order valence-electron chi connectivity index (χ1n) is 5.50. The molecule has 1 rings (SSSR count). The van der Waals surface area contributed by atoms with E-state index in [-0.39, 0.29) is 18.7 Å². The smallest absolute Gasteiger partial charge is 0.398 e. The van der Waals surface area contributed by atoms with Gasteiger partial charge >= 0.3 is 12.2 Å². The lowest BCUT2D eigenvalue weighted by Gasteiger charge is -2.13. The standard InChI is InChI=1S/C11H13F3N4O2/c12-11(13,14)7-3-1-2-6(8(7)15)9(19)17-4-5-18-10(16)20/h1-3H,4-5,15H2,(H,17,19)(H3,16,18,20). The van der Waals surface area contributed by atoms with Gasteiger partial charge in [0.15, 0.2) is 0 Å². The highest BCUT2D eigenvalue weighted by molar-refractivity contribution is 5.99. The molecule has 0 aliphatic heterocycles. The van der Waals surface area contributed by atoms with E-state index in [1.807, 2.05) is 0 Å². The Morgan fingerprint density at radius 1 is 1.15 bits per heavy atom. The third kappa shape index (κ3) is 4.04. The SMILES string of the molecule is NC(=O)NCCNC(=O)c1cccc(C(F)(F)F)c1N. The molecule has 6 nitrogen and oxygen atoms in total. The molecule has 1 aromatic rings. The van der Waals surface area contributed by atoms with Crippen molar-refractivity contribution in [3.05, 3.63) is 29.3 Å². The van der Waals surface area contributed by atoms with Crippen LogP contribution in [0.25, 0.3) is 0 Å². The number of rotatable bonds is 4. The fourth-order valence-corrected chi connectivity index (χ4v) is 1.47. The molecule has 6 N–H and O–H groups in total. The van der Waals surface area contributed by atoms with Gasteiger partial charge in [0.25, 0.3) is 5.91 Å². The zero-order valence-corrected chi connectivity index (χ0v) is 10.3. The summed E-state index contributed by atoms with van der Waals surface area (Å²) in [6.07, 6.45) is -4.63. The highest BCUT2D eigenvalue weighted by Crippen LogP contribution is 2.34. The third-order valence-electron chi connectivity index (χ3n) is 2.37. The Labute approximate surface area is 112 Å².